The van der Waals surface area contributed by atoms with Crippen molar-refractivity contribution in [2.24, 2.45) is 0 Å². The number of ether oxygens (including phenoxy) is 2. The summed E-state index contributed by atoms with van der Waals surface area (Å²) in [4.78, 5) is 164. The average molecular weight is 1870 g/mol. The first kappa shape index (κ1) is 91.5. The van der Waals surface area contributed by atoms with Crippen LogP contribution in [0.4, 0.5) is 49.8 Å². The zero-order valence-electron chi connectivity index (χ0n) is 63.6. The first-order chi connectivity index (χ1) is 50.8. The molecule has 4 aromatic carbocycles. The van der Waals surface area contributed by atoms with E-state index in [2.05, 4.69) is 62.1 Å². The Morgan fingerprint density at radius 1 is 0.587 bits per heavy atom. The quantitative estimate of drug-likeness (QED) is 0.0146. The maximum atomic E-state index is 12.6. The number of benzene rings is 4. The maximum absolute atomic E-state index is 12.6. The number of carbonyl (C=O) groups excluding carboxylic acids is 11. The van der Waals surface area contributed by atoms with Gasteiger partial charge < -0.3 is 46.8 Å². The summed E-state index contributed by atoms with van der Waals surface area (Å²) < 4.78 is 19.5. The molecular formula is C65H79Cs2IN20O21. The van der Waals surface area contributed by atoms with E-state index in [1.807, 2.05) is 34.7 Å². The van der Waals surface area contributed by atoms with Gasteiger partial charge in [-0.3, -0.25) is 105 Å². The second kappa shape index (κ2) is 41.8. The van der Waals surface area contributed by atoms with Crippen LogP contribution in [0.15, 0.2) is 72.8 Å². The van der Waals surface area contributed by atoms with Crippen LogP contribution < -0.4 is 190 Å². The van der Waals surface area contributed by atoms with E-state index in [0.29, 0.717) is 92.7 Å². The van der Waals surface area contributed by atoms with Crippen molar-refractivity contribution < 1.29 is 228 Å². The van der Waals surface area contributed by atoms with E-state index in [1.165, 1.54) is 53.4 Å². The second-order valence-electron chi connectivity index (χ2n) is 25.4. The predicted octanol–water partition coefficient (Wildman–Crippen LogP) is -1.01. The summed E-state index contributed by atoms with van der Waals surface area (Å²) in [7, 11) is 6.76. The molecule has 0 spiro atoms. The standard InChI is InChI=1S/C18H21N5O6.C13H13N5O4.C13H15N5O2.C12H12IN3O4.C6H10N2O2.C2H6.CH2O3.2Cs.H/c1-18(2,3)29-17(26)22-12-6-5-10(23(27)28)9-11(12)15(20-22)21(4)13-7-8-14(24)19-16(13)25;1-17(10-4-5-11(19)14-13(10)20)12-8-6-7(18(21)22)2-3-9(8)15-16-12;1-18(10-4-5-11(19)15-13(10)20)12-8-6-7(14)2-3-9(8)16-17-12;1-12(2,3)20-11(17)15-9-5-4-7(16(18)19)6-8(9)10(13)14-15;1-7-4-2-3-5(9)8-6(4)10;1-2;2-1-4-3;;;/h5-6,9,13H,7-8H2,1-4H3,(H,19,24,25);2-3,6,10H,4-5H2,1H3,(H,15,16)(H,14,19,20);2-3,6,10H,4-5,14H2,1H3,(H,16,17)(H,15,19,20);4-6H,1-3H3;4,7H,2-3H2,1H3,(H,8,9,10);1-2H3;1,3H;;;/q;;;;;;;2*+1;-1/p-1/i;;;;;1D;;;;. The van der Waals surface area contributed by atoms with Crippen LogP contribution in [0.25, 0.3) is 43.6 Å². The van der Waals surface area contributed by atoms with E-state index in [1.54, 1.807) is 98.6 Å². The number of non-ortho nitro benzene ring substituents is 3. The number of amides is 8. The van der Waals surface area contributed by atoms with Gasteiger partial charge in [-0.25, -0.2) is 9.59 Å². The summed E-state index contributed by atoms with van der Waals surface area (Å²) in [5, 5.41) is 78.0. The molecule has 4 atom stereocenters. The fourth-order valence-corrected chi connectivity index (χ4v) is 11.4. The van der Waals surface area contributed by atoms with Gasteiger partial charge in [-0.2, -0.15) is 24.7 Å². The first-order valence-electron chi connectivity index (χ1n) is 33.0. The van der Waals surface area contributed by atoms with Crippen molar-refractivity contribution in [1.29, 1.82) is 0 Å². The Labute approximate surface area is 754 Å². The zero-order valence-corrected chi connectivity index (χ0v) is 76.3. The molecule has 8 aromatic rings. The number of nitrogen functional groups attached to an aromatic ring is 1. The molecule has 574 valence electrons. The number of H-pyrrole nitrogens is 2. The second-order valence-corrected chi connectivity index (χ2v) is 26.4. The molecule has 4 fully saturated rings. The molecule has 0 saturated carbocycles. The molecular weight excluding hydrogens is 1790 g/mol. The molecule has 4 unspecified atom stereocenters. The number of fused-ring (bicyclic) bond motifs is 4. The molecule has 44 heteroatoms. The van der Waals surface area contributed by atoms with E-state index in [9.17, 15) is 78.3 Å². The summed E-state index contributed by atoms with van der Waals surface area (Å²) in [5.41, 5.74) is 7.02. The van der Waals surface area contributed by atoms with Gasteiger partial charge in [-0.05, 0) is 133 Å². The van der Waals surface area contributed by atoms with Crippen LogP contribution in [-0.2, 0) is 57.5 Å². The van der Waals surface area contributed by atoms with Crippen molar-refractivity contribution in [2.75, 3.05) is 48.6 Å². The largest absolute Gasteiger partial charge is 1.00 e. The Morgan fingerprint density at radius 3 is 1.30 bits per heavy atom. The van der Waals surface area contributed by atoms with Gasteiger partial charge in [0.2, 0.25) is 47.3 Å². The number of imide groups is 4. The van der Waals surface area contributed by atoms with Crippen LogP contribution >= 0.6 is 22.6 Å². The number of nitrogens with two attached hydrogens (primary N) is 1. The van der Waals surface area contributed by atoms with Crippen molar-refractivity contribution >= 4 is 172 Å². The molecule has 109 heavy (non-hydrogen) atoms. The predicted molar refractivity (Wildman–Crippen MR) is 391 cm³/mol. The third kappa shape index (κ3) is 25.2. The van der Waals surface area contributed by atoms with Crippen molar-refractivity contribution in [1.82, 2.24) is 66.5 Å². The van der Waals surface area contributed by atoms with Crippen LogP contribution in [0.5, 0.6) is 0 Å². The molecule has 8 amide bonds. The number of hydrogen-bond acceptors (Lipinski definition) is 30. The molecule has 4 aromatic heterocycles. The summed E-state index contributed by atoms with van der Waals surface area (Å²) >= 11 is 1.93. The van der Waals surface area contributed by atoms with Crippen molar-refractivity contribution in [3.05, 3.63) is 107 Å². The Bertz CT molecular complexity index is 4780. The van der Waals surface area contributed by atoms with Crippen LogP contribution in [0.2, 0.25) is 0 Å². The topological polar surface area (TPSA) is 557 Å². The number of halogens is 1. The van der Waals surface area contributed by atoms with Crippen molar-refractivity contribution in [3.8, 4) is 0 Å². The van der Waals surface area contributed by atoms with Gasteiger partial charge in [0.15, 0.2) is 17.5 Å². The molecule has 4 saturated heterocycles. The van der Waals surface area contributed by atoms with Crippen LogP contribution in [0.1, 0.15) is 110 Å². The average Bonchev–Trinajstić information content (AvgIpc) is 1.64. The fraction of sp³-hybridized carbons (Fsp3) is 0.400. The maximum Gasteiger partial charge on any atom is 1.00 e. The molecule has 0 aliphatic carbocycles. The number of rotatable bonds is 11. The SMILES string of the molecule is CC(C)(C)OC(=O)n1nc(I)c2cc([N+](=O)[O-])ccc21.CN(c1n[nH]c2ccc(N)cc12)C1CCC(=O)NC1=O.CN(c1n[nH]c2ccc([N+](=O)[O-])cc12)C1CCC(=O)NC1=O.CN(c1nn(C(=O)OC(C)(C)C)c2ccc([N+](=O)[O-])cc12)C1CCC(=O)NC1=O.CNC1CCC(=O)NC1=O.O=CO[O-].[2H]CC.[Cs+].[Cs+].[H-]. The van der Waals surface area contributed by atoms with Crippen LogP contribution in [-0.4, -0.2) is 184 Å². The number of nitro groups is 3. The first-order valence-corrected chi connectivity index (χ1v) is 33.4. The third-order valence-corrected chi connectivity index (χ3v) is 16.6. The molecule has 12 rings (SSSR count). The number of likely N-dealkylation sites (N-methyl/N-ethyl adjacent to an activating group) is 4. The number of nitrogens with zero attached hydrogens (tertiary/aromatic N) is 12. The van der Waals surface area contributed by atoms with Crippen molar-refractivity contribution in [2.45, 2.75) is 142 Å². The number of nitrogens with one attached hydrogen (secondary N) is 7. The zero-order chi connectivity index (χ0) is 80.4. The summed E-state index contributed by atoms with van der Waals surface area (Å²) in [6.07, 6.45) is 1.57. The van der Waals surface area contributed by atoms with E-state index in [-0.39, 0.29) is 235 Å². The van der Waals surface area contributed by atoms with Crippen molar-refractivity contribution in [3.63, 3.8) is 0 Å². The van der Waals surface area contributed by atoms with E-state index >= 15 is 0 Å². The Balaban J connectivity index is 0.000000358. The Hall–Kier alpha value is -8.12. The van der Waals surface area contributed by atoms with Gasteiger partial charge in [0.05, 0.1) is 53.7 Å². The van der Waals surface area contributed by atoms with Gasteiger partial charge in [0, 0.05) is 101 Å². The minimum absolute atomic E-state index is 0. The van der Waals surface area contributed by atoms with Gasteiger partial charge in [0.25, 0.3) is 23.5 Å². The molecule has 0 bridgehead atoms. The number of anilines is 4. The van der Waals surface area contributed by atoms with Crippen LogP contribution in [0.3, 0.4) is 0 Å². The Kier molecular flexibility index (Phi) is 35.1. The monoisotopic (exact) mass is 1870 g/mol. The van der Waals surface area contributed by atoms with Gasteiger partial charge in [-0.1, -0.05) is 13.8 Å². The van der Waals surface area contributed by atoms with E-state index in [4.69, 9.17) is 26.6 Å². The van der Waals surface area contributed by atoms with Gasteiger partial charge >= 0.3 is 150 Å². The minimum atomic E-state index is -0.772. The molecule has 0 radical (unpaired) electrons. The molecule has 4 aliphatic rings. The molecule has 9 N–H and O–H groups in total. The molecule has 8 heterocycles. The van der Waals surface area contributed by atoms with E-state index in [0.717, 1.165) is 20.3 Å². The summed E-state index contributed by atoms with van der Waals surface area (Å²) in [6, 6.07) is 16.2. The van der Waals surface area contributed by atoms with Gasteiger partial charge in [0.1, 0.15) is 33.0 Å². The number of aromatic amines is 2. The normalized spacial score (nSPS) is 16.7. The molecule has 4 aliphatic heterocycles. The minimum Gasteiger partial charge on any atom is -1.00 e. The number of carbonyl (C=O) groups is 11. The number of hydrogen-bond donors (Lipinski definition) is 8. The third-order valence-electron chi connectivity index (χ3n) is 15.8. The summed E-state index contributed by atoms with van der Waals surface area (Å²) in [6.45, 7) is 12.5. The van der Waals surface area contributed by atoms with E-state index < -0.39 is 62.2 Å². The molecule has 41 nitrogen and oxygen atoms in total. The number of nitro benzene ring substituents is 3. The van der Waals surface area contributed by atoms with Crippen LogP contribution in [0, 0.1) is 34.0 Å². The number of aromatic nitrogens is 8. The fourth-order valence-electron chi connectivity index (χ4n) is 10.8. The Morgan fingerprint density at radius 2 is 0.927 bits per heavy atom. The smallest absolute Gasteiger partial charge is 1.00 e. The summed E-state index contributed by atoms with van der Waals surface area (Å²) in [5.74, 6) is -1.14. The van der Waals surface area contributed by atoms with Gasteiger partial charge in [-0.15, -0.1) is 5.10 Å². The number of piperidine rings is 4.